The highest BCUT2D eigenvalue weighted by Crippen LogP contribution is 2.26. The Hall–Kier alpha value is -1.41. The van der Waals surface area contributed by atoms with Crippen molar-refractivity contribution in [3.63, 3.8) is 0 Å². The SMILES string of the molecule is Cc1ccc2c(CNCC(C)C)cc(C(C)C)nc2c1C. The second kappa shape index (κ2) is 6.57. The summed E-state index contributed by atoms with van der Waals surface area (Å²) in [6.07, 6.45) is 0. The zero-order chi connectivity index (χ0) is 15.6. The molecule has 0 spiro atoms. The topological polar surface area (TPSA) is 24.9 Å². The lowest BCUT2D eigenvalue weighted by atomic mass is 9.98. The minimum Gasteiger partial charge on any atom is -0.312 e. The van der Waals surface area contributed by atoms with E-state index in [2.05, 4.69) is 65.1 Å². The van der Waals surface area contributed by atoms with Crippen molar-refractivity contribution < 1.29 is 0 Å². The van der Waals surface area contributed by atoms with Crippen molar-refractivity contribution in [1.29, 1.82) is 0 Å². The van der Waals surface area contributed by atoms with Crippen LogP contribution in [0.5, 0.6) is 0 Å². The Morgan fingerprint density at radius 3 is 2.43 bits per heavy atom. The Labute approximate surface area is 129 Å². The minimum absolute atomic E-state index is 0.457. The van der Waals surface area contributed by atoms with Crippen molar-refractivity contribution in [1.82, 2.24) is 10.3 Å². The Bertz CT molecular complexity index is 627. The highest BCUT2D eigenvalue weighted by Gasteiger charge is 2.11. The largest absolute Gasteiger partial charge is 0.312 e. The molecule has 0 atom stereocenters. The molecular weight excluding hydrogens is 256 g/mol. The summed E-state index contributed by atoms with van der Waals surface area (Å²) < 4.78 is 0. The molecule has 2 rings (SSSR count). The van der Waals surface area contributed by atoms with Gasteiger partial charge in [0.25, 0.3) is 0 Å². The van der Waals surface area contributed by atoms with E-state index in [-0.39, 0.29) is 0 Å². The van der Waals surface area contributed by atoms with Crippen LogP contribution in [0.1, 0.15) is 56.0 Å². The second-order valence-electron chi connectivity index (χ2n) is 6.79. The van der Waals surface area contributed by atoms with Crippen molar-refractivity contribution in [2.45, 2.75) is 54.0 Å². The van der Waals surface area contributed by atoms with E-state index in [1.165, 1.54) is 33.3 Å². The number of nitrogens with zero attached hydrogens (tertiary/aromatic N) is 1. The van der Waals surface area contributed by atoms with Crippen molar-refractivity contribution in [3.8, 4) is 0 Å². The van der Waals surface area contributed by atoms with Crippen LogP contribution in [0.2, 0.25) is 0 Å². The monoisotopic (exact) mass is 284 g/mol. The maximum Gasteiger partial charge on any atom is 0.0740 e. The highest BCUT2D eigenvalue weighted by atomic mass is 14.9. The summed E-state index contributed by atoms with van der Waals surface area (Å²) in [5.74, 6) is 1.13. The molecule has 0 unspecified atom stereocenters. The summed E-state index contributed by atoms with van der Waals surface area (Å²) in [6, 6.07) is 6.70. The molecule has 0 bridgehead atoms. The highest BCUT2D eigenvalue weighted by molar-refractivity contribution is 5.86. The van der Waals surface area contributed by atoms with Gasteiger partial charge in [-0.3, -0.25) is 4.98 Å². The van der Waals surface area contributed by atoms with Gasteiger partial charge in [-0.05, 0) is 55.0 Å². The zero-order valence-electron chi connectivity index (χ0n) is 14.2. The lowest BCUT2D eigenvalue weighted by Crippen LogP contribution is -2.19. The summed E-state index contributed by atoms with van der Waals surface area (Å²) in [5.41, 5.74) is 6.35. The van der Waals surface area contributed by atoms with Gasteiger partial charge in [0.1, 0.15) is 0 Å². The van der Waals surface area contributed by atoms with E-state index in [0.717, 1.165) is 13.1 Å². The maximum atomic E-state index is 4.91. The molecule has 1 aromatic heterocycles. The van der Waals surface area contributed by atoms with E-state index in [1.54, 1.807) is 0 Å². The molecular formula is C19H28N2. The summed E-state index contributed by atoms with van der Waals surface area (Å²) in [5, 5.41) is 4.86. The molecule has 1 heterocycles. The number of benzene rings is 1. The third kappa shape index (κ3) is 3.62. The number of hydrogen-bond donors (Lipinski definition) is 1. The molecule has 0 aliphatic heterocycles. The first-order valence-electron chi connectivity index (χ1n) is 8.00. The fraction of sp³-hybridized carbons (Fsp3) is 0.526. The van der Waals surface area contributed by atoms with Crippen molar-refractivity contribution >= 4 is 10.9 Å². The smallest absolute Gasteiger partial charge is 0.0740 e. The van der Waals surface area contributed by atoms with Crippen molar-refractivity contribution in [2.75, 3.05) is 6.54 Å². The Morgan fingerprint density at radius 1 is 1.10 bits per heavy atom. The van der Waals surface area contributed by atoms with Crippen LogP contribution in [0.3, 0.4) is 0 Å². The van der Waals surface area contributed by atoms with Crippen LogP contribution in [-0.2, 0) is 6.54 Å². The van der Waals surface area contributed by atoms with Crippen LogP contribution >= 0.6 is 0 Å². The maximum absolute atomic E-state index is 4.91. The van der Waals surface area contributed by atoms with Gasteiger partial charge in [-0.25, -0.2) is 0 Å². The molecule has 1 aromatic carbocycles. The molecule has 2 nitrogen and oxygen atoms in total. The summed E-state index contributed by atoms with van der Waals surface area (Å²) in [4.78, 5) is 4.91. The van der Waals surface area contributed by atoms with E-state index in [1.807, 2.05) is 0 Å². The molecule has 114 valence electrons. The van der Waals surface area contributed by atoms with Crippen LogP contribution in [0, 0.1) is 19.8 Å². The fourth-order valence-corrected chi connectivity index (χ4v) is 2.56. The molecule has 0 amide bonds. The first-order chi connectivity index (χ1) is 9.90. The first kappa shape index (κ1) is 16.0. The Balaban J connectivity index is 2.48. The Morgan fingerprint density at radius 2 is 1.81 bits per heavy atom. The standard InChI is InChI=1S/C19H28N2/c1-12(2)10-20-11-16-9-18(13(3)4)21-19-15(6)14(5)7-8-17(16)19/h7-9,12-13,20H,10-11H2,1-6H3. The van der Waals surface area contributed by atoms with Crippen LogP contribution in [0.4, 0.5) is 0 Å². The van der Waals surface area contributed by atoms with E-state index in [4.69, 9.17) is 4.98 Å². The average Bonchev–Trinajstić information content (AvgIpc) is 2.42. The van der Waals surface area contributed by atoms with Gasteiger partial charge in [0, 0.05) is 17.6 Å². The van der Waals surface area contributed by atoms with Gasteiger partial charge in [0.2, 0.25) is 0 Å². The summed E-state index contributed by atoms with van der Waals surface area (Å²) in [7, 11) is 0. The molecule has 21 heavy (non-hydrogen) atoms. The zero-order valence-corrected chi connectivity index (χ0v) is 14.2. The number of hydrogen-bond acceptors (Lipinski definition) is 2. The van der Waals surface area contributed by atoms with Gasteiger partial charge >= 0.3 is 0 Å². The van der Waals surface area contributed by atoms with Gasteiger partial charge in [0.05, 0.1) is 5.52 Å². The quantitative estimate of drug-likeness (QED) is 0.859. The number of pyridine rings is 1. The molecule has 0 saturated heterocycles. The van der Waals surface area contributed by atoms with Crippen molar-refractivity contribution in [2.24, 2.45) is 5.92 Å². The molecule has 0 aliphatic carbocycles. The van der Waals surface area contributed by atoms with E-state index >= 15 is 0 Å². The lowest BCUT2D eigenvalue weighted by molar-refractivity contribution is 0.553. The van der Waals surface area contributed by atoms with E-state index < -0.39 is 0 Å². The molecule has 2 aromatic rings. The van der Waals surface area contributed by atoms with Gasteiger partial charge in [-0.2, -0.15) is 0 Å². The first-order valence-corrected chi connectivity index (χ1v) is 8.00. The molecule has 0 radical (unpaired) electrons. The summed E-state index contributed by atoms with van der Waals surface area (Å²) in [6.45, 7) is 15.2. The normalized spacial score (nSPS) is 11.8. The Kier molecular flexibility index (Phi) is 5.00. The average molecular weight is 284 g/mol. The lowest BCUT2D eigenvalue weighted by Gasteiger charge is -2.15. The predicted octanol–water partition coefficient (Wildman–Crippen LogP) is 4.72. The summed E-state index contributed by atoms with van der Waals surface area (Å²) >= 11 is 0. The molecule has 0 fully saturated rings. The van der Waals surface area contributed by atoms with Crippen LogP contribution in [0.25, 0.3) is 10.9 Å². The van der Waals surface area contributed by atoms with Crippen LogP contribution in [0.15, 0.2) is 18.2 Å². The molecule has 1 N–H and O–H groups in total. The van der Waals surface area contributed by atoms with Crippen molar-refractivity contribution in [3.05, 3.63) is 40.6 Å². The van der Waals surface area contributed by atoms with Gasteiger partial charge < -0.3 is 5.32 Å². The van der Waals surface area contributed by atoms with Crippen LogP contribution < -0.4 is 5.32 Å². The number of aromatic nitrogens is 1. The number of rotatable bonds is 5. The fourth-order valence-electron chi connectivity index (χ4n) is 2.56. The van der Waals surface area contributed by atoms with E-state index in [9.17, 15) is 0 Å². The van der Waals surface area contributed by atoms with Gasteiger partial charge in [-0.15, -0.1) is 0 Å². The predicted molar refractivity (Wildman–Crippen MR) is 91.9 cm³/mol. The third-order valence-electron chi connectivity index (χ3n) is 4.07. The molecule has 0 saturated carbocycles. The van der Waals surface area contributed by atoms with Crippen LogP contribution in [-0.4, -0.2) is 11.5 Å². The number of fused-ring (bicyclic) bond motifs is 1. The van der Waals surface area contributed by atoms with Gasteiger partial charge in [-0.1, -0.05) is 39.8 Å². The molecule has 0 aliphatic rings. The number of aryl methyl sites for hydroxylation is 2. The van der Waals surface area contributed by atoms with E-state index in [0.29, 0.717) is 11.8 Å². The second-order valence-corrected chi connectivity index (χ2v) is 6.79. The van der Waals surface area contributed by atoms with Gasteiger partial charge in [0.15, 0.2) is 0 Å². The minimum atomic E-state index is 0.457. The number of nitrogens with one attached hydrogen (secondary N) is 1. The molecule has 2 heteroatoms. The third-order valence-corrected chi connectivity index (χ3v) is 4.07.